The summed E-state index contributed by atoms with van der Waals surface area (Å²) in [6.07, 6.45) is 3.77. The number of hydrogen-bond acceptors (Lipinski definition) is 3. The molecular weight excluding hydrogens is 282 g/mol. The maximum atomic E-state index is 12.6. The summed E-state index contributed by atoms with van der Waals surface area (Å²) in [4.78, 5) is 15.2. The lowest BCUT2D eigenvalue weighted by Crippen LogP contribution is -2.34. The molecule has 2 aromatic rings. The van der Waals surface area contributed by atoms with E-state index >= 15 is 0 Å². The molecule has 1 fully saturated rings. The third kappa shape index (κ3) is 2.55. The van der Waals surface area contributed by atoms with E-state index in [4.69, 9.17) is 16.0 Å². The second kappa shape index (κ2) is 5.02. The molecule has 0 N–H and O–H groups in total. The van der Waals surface area contributed by atoms with E-state index in [1.54, 1.807) is 18.4 Å². The lowest BCUT2D eigenvalue weighted by molar-refractivity contribution is 0.0658. The van der Waals surface area contributed by atoms with Gasteiger partial charge in [-0.15, -0.1) is 11.3 Å². The van der Waals surface area contributed by atoms with Crippen molar-refractivity contribution in [3.05, 3.63) is 45.5 Å². The smallest absolute Gasteiger partial charge is 0.264 e. The van der Waals surface area contributed by atoms with Crippen molar-refractivity contribution in [2.24, 2.45) is 0 Å². The van der Waals surface area contributed by atoms with Crippen LogP contribution >= 0.6 is 22.9 Å². The highest BCUT2D eigenvalue weighted by molar-refractivity contribution is 7.17. The quantitative estimate of drug-likeness (QED) is 0.839. The summed E-state index contributed by atoms with van der Waals surface area (Å²) in [7, 11) is 0. The van der Waals surface area contributed by atoms with Crippen molar-refractivity contribution in [2.75, 3.05) is 0 Å². The van der Waals surface area contributed by atoms with Gasteiger partial charge in [-0.2, -0.15) is 0 Å². The zero-order chi connectivity index (χ0) is 13.4. The fourth-order valence-corrected chi connectivity index (χ4v) is 3.22. The molecule has 19 heavy (non-hydrogen) atoms. The van der Waals surface area contributed by atoms with Gasteiger partial charge in [0.15, 0.2) is 0 Å². The standard InChI is InChI=1S/C14H14ClNO2S/c1-9(11-3-2-8-18-11)16(10-4-5-10)14(17)12-6-7-13(15)19-12/h2-3,6-10H,4-5H2,1H3/t9-/m1/s1. The minimum absolute atomic E-state index is 0.0447. The minimum Gasteiger partial charge on any atom is -0.467 e. The third-order valence-electron chi connectivity index (χ3n) is 3.33. The number of hydrogen-bond donors (Lipinski definition) is 0. The first kappa shape index (κ1) is 12.8. The van der Waals surface area contributed by atoms with E-state index in [1.165, 1.54) is 11.3 Å². The SMILES string of the molecule is C[C@H](c1ccco1)N(C(=O)c1ccc(Cl)s1)C1CC1. The molecule has 100 valence electrons. The van der Waals surface area contributed by atoms with Crippen LogP contribution in [-0.2, 0) is 0 Å². The fraction of sp³-hybridized carbons (Fsp3) is 0.357. The highest BCUT2D eigenvalue weighted by Crippen LogP contribution is 2.37. The normalized spacial score (nSPS) is 16.3. The Labute approximate surface area is 120 Å². The van der Waals surface area contributed by atoms with E-state index in [0.29, 0.717) is 15.3 Å². The number of carbonyl (C=O) groups is 1. The highest BCUT2D eigenvalue weighted by Gasteiger charge is 2.38. The van der Waals surface area contributed by atoms with Gasteiger partial charge in [0.1, 0.15) is 5.76 Å². The lowest BCUT2D eigenvalue weighted by Gasteiger charge is -2.27. The van der Waals surface area contributed by atoms with Crippen LogP contribution in [-0.4, -0.2) is 16.8 Å². The number of carbonyl (C=O) groups excluding carboxylic acids is 1. The molecule has 0 saturated heterocycles. The maximum Gasteiger partial charge on any atom is 0.264 e. The molecule has 2 aromatic heterocycles. The van der Waals surface area contributed by atoms with Crippen LogP contribution in [0.25, 0.3) is 0 Å². The van der Waals surface area contributed by atoms with Gasteiger partial charge in [0.2, 0.25) is 0 Å². The van der Waals surface area contributed by atoms with Crippen LogP contribution in [0, 0.1) is 0 Å². The van der Waals surface area contributed by atoms with Gasteiger partial charge in [0, 0.05) is 6.04 Å². The van der Waals surface area contributed by atoms with Gasteiger partial charge in [-0.1, -0.05) is 11.6 Å². The van der Waals surface area contributed by atoms with Crippen LogP contribution in [0.1, 0.15) is 41.2 Å². The molecule has 1 saturated carbocycles. The summed E-state index contributed by atoms with van der Waals surface area (Å²) >= 11 is 7.24. The number of nitrogens with zero attached hydrogens (tertiary/aromatic N) is 1. The molecule has 0 unspecified atom stereocenters. The monoisotopic (exact) mass is 295 g/mol. The van der Waals surface area contributed by atoms with E-state index < -0.39 is 0 Å². The molecule has 0 radical (unpaired) electrons. The van der Waals surface area contributed by atoms with E-state index in [9.17, 15) is 4.79 Å². The number of furan rings is 1. The first-order valence-corrected chi connectivity index (χ1v) is 7.47. The number of thiophene rings is 1. The molecule has 0 aromatic carbocycles. The van der Waals surface area contributed by atoms with Gasteiger partial charge in [0.05, 0.1) is 21.5 Å². The van der Waals surface area contributed by atoms with Crippen LogP contribution in [0.15, 0.2) is 34.9 Å². The summed E-state index contributed by atoms with van der Waals surface area (Å²) < 4.78 is 6.07. The van der Waals surface area contributed by atoms with E-state index in [1.807, 2.05) is 24.0 Å². The summed E-state index contributed by atoms with van der Waals surface area (Å²) in [6, 6.07) is 7.60. The van der Waals surface area contributed by atoms with Crippen molar-refractivity contribution < 1.29 is 9.21 Å². The second-order valence-electron chi connectivity index (χ2n) is 4.74. The predicted molar refractivity (Wildman–Crippen MR) is 75.6 cm³/mol. The molecule has 2 heterocycles. The van der Waals surface area contributed by atoms with Crippen LogP contribution in [0.5, 0.6) is 0 Å². The van der Waals surface area contributed by atoms with Gasteiger partial charge in [-0.3, -0.25) is 4.79 Å². The van der Waals surface area contributed by atoms with Gasteiger partial charge >= 0.3 is 0 Å². The summed E-state index contributed by atoms with van der Waals surface area (Å²) in [5.74, 6) is 0.867. The zero-order valence-electron chi connectivity index (χ0n) is 10.5. The lowest BCUT2D eigenvalue weighted by atomic mass is 10.2. The van der Waals surface area contributed by atoms with Crippen LogP contribution in [0.4, 0.5) is 0 Å². The average Bonchev–Trinajstić information content (AvgIpc) is 2.93. The van der Waals surface area contributed by atoms with Crippen molar-refractivity contribution >= 4 is 28.8 Å². The first-order chi connectivity index (χ1) is 9.16. The van der Waals surface area contributed by atoms with Crippen molar-refractivity contribution in [3.63, 3.8) is 0 Å². The van der Waals surface area contributed by atoms with Crippen molar-refractivity contribution in [2.45, 2.75) is 31.8 Å². The number of halogens is 1. The molecular formula is C14H14ClNO2S. The largest absolute Gasteiger partial charge is 0.467 e. The predicted octanol–water partition coefficient (Wildman–Crippen LogP) is 4.36. The van der Waals surface area contributed by atoms with Crippen LogP contribution in [0.2, 0.25) is 4.34 Å². The van der Waals surface area contributed by atoms with Crippen LogP contribution < -0.4 is 0 Å². The van der Waals surface area contributed by atoms with Gasteiger partial charge in [0.25, 0.3) is 5.91 Å². The first-order valence-electron chi connectivity index (χ1n) is 6.28. The molecule has 1 aliphatic carbocycles. The molecule has 5 heteroatoms. The molecule has 1 atom stereocenters. The Bertz CT molecular complexity index is 574. The Morgan fingerprint density at radius 3 is 2.79 bits per heavy atom. The summed E-state index contributed by atoms with van der Waals surface area (Å²) in [6.45, 7) is 2.00. The van der Waals surface area contributed by atoms with Crippen molar-refractivity contribution in [1.82, 2.24) is 4.90 Å². The molecule has 0 spiro atoms. The molecule has 0 bridgehead atoms. The fourth-order valence-electron chi connectivity index (χ4n) is 2.23. The number of amides is 1. The highest BCUT2D eigenvalue weighted by atomic mass is 35.5. The second-order valence-corrected chi connectivity index (χ2v) is 6.45. The van der Waals surface area contributed by atoms with E-state index in [-0.39, 0.29) is 11.9 Å². The Hall–Kier alpha value is -1.26. The van der Waals surface area contributed by atoms with Crippen molar-refractivity contribution in [3.8, 4) is 0 Å². The topological polar surface area (TPSA) is 33.5 Å². The van der Waals surface area contributed by atoms with Gasteiger partial charge in [-0.25, -0.2) is 0 Å². The third-order valence-corrected chi connectivity index (χ3v) is 4.55. The zero-order valence-corrected chi connectivity index (χ0v) is 12.1. The van der Waals surface area contributed by atoms with Crippen molar-refractivity contribution in [1.29, 1.82) is 0 Å². The summed E-state index contributed by atoms with van der Waals surface area (Å²) in [5.41, 5.74) is 0. The van der Waals surface area contributed by atoms with E-state index in [2.05, 4.69) is 0 Å². The molecule has 3 nitrogen and oxygen atoms in total. The minimum atomic E-state index is -0.0455. The molecule has 1 aliphatic rings. The van der Waals surface area contributed by atoms with Crippen LogP contribution in [0.3, 0.4) is 0 Å². The average molecular weight is 296 g/mol. The number of rotatable bonds is 4. The Kier molecular flexibility index (Phi) is 3.37. The molecule has 1 amide bonds. The Morgan fingerprint density at radius 1 is 1.47 bits per heavy atom. The van der Waals surface area contributed by atoms with Gasteiger partial charge < -0.3 is 9.32 Å². The Morgan fingerprint density at radius 2 is 2.26 bits per heavy atom. The van der Waals surface area contributed by atoms with E-state index in [0.717, 1.165) is 18.6 Å². The molecule has 0 aliphatic heterocycles. The summed E-state index contributed by atoms with van der Waals surface area (Å²) in [5, 5.41) is 0. The maximum absolute atomic E-state index is 12.6. The molecule has 3 rings (SSSR count). The van der Waals surface area contributed by atoms with Gasteiger partial charge in [-0.05, 0) is 44.0 Å². The Balaban J connectivity index is 1.87.